The number of rotatable bonds is 7. The number of aromatic nitrogens is 3. The fraction of sp³-hybridized carbons (Fsp3) is 0.400. The average molecular weight is 539 g/mol. The number of pyridine rings is 1. The van der Waals surface area contributed by atoms with Crippen molar-refractivity contribution in [3.8, 4) is 5.69 Å². The predicted molar refractivity (Wildman–Crippen MR) is 130 cm³/mol. The molecule has 3 atom stereocenters. The van der Waals surface area contributed by atoms with E-state index in [1.807, 2.05) is 0 Å². The zero-order valence-electron chi connectivity index (χ0n) is 20.1. The van der Waals surface area contributed by atoms with Gasteiger partial charge in [0.05, 0.1) is 42.4 Å². The minimum Gasteiger partial charge on any atom is -0.395 e. The van der Waals surface area contributed by atoms with Crippen LogP contribution < -0.4 is 10.9 Å². The number of aliphatic hydroxyl groups is 1. The van der Waals surface area contributed by atoms with Crippen molar-refractivity contribution in [2.75, 3.05) is 6.61 Å². The van der Waals surface area contributed by atoms with Gasteiger partial charge < -0.3 is 19.7 Å². The van der Waals surface area contributed by atoms with Crippen LogP contribution in [0.3, 0.4) is 0 Å². The van der Waals surface area contributed by atoms with Crippen LogP contribution in [0.15, 0.2) is 47.7 Å². The van der Waals surface area contributed by atoms with E-state index in [4.69, 9.17) is 16.3 Å². The number of benzene rings is 1. The Labute approximate surface area is 215 Å². The van der Waals surface area contributed by atoms with E-state index in [0.717, 1.165) is 6.07 Å². The second-order valence-electron chi connectivity index (χ2n) is 8.94. The van der Waals surface area contributed by atoms with E-state index in [-0.39, 0.29) is 35.1 Å². The van der Waals surface area contributed by atoms with Crippen molar-refractivity contribution >= 4 is 17.5 Å². The summed E-state index contributed by atoms with van der Waals surface area (Å²) in [5, 5.41) is 12.3. The van der Waals surface area contributed by atoms with Crippen molar-refractivity contribution in [2.24, 2.45) is 0 Å². The smallest absolute Gasteiger partial charge is 0.395 e. The zero-order chi connectivity index (χ0) is 26.9. The maximum Gasteiger partial charge on any atom is 0.416 e. The van der Waals surface area contributed by atoms with E-state index in [9.17, 15) is 27.9 Å². The van der Waals surface area contributed by atoms with Crippen molar-refractivity contribution in [1.82, 2.24) is 19.4 Å². The summed E-state index contributed by atoms with van der Waals surface area (Å²) in [7, 11) is 0. The van der Waals surface area contributed by atoms with E-state index in [0.29, 0.717) is 18.5 Å². The van der Waals surface area contributed by atoms with E-state index in [1.165, 1.54) is 39.7 Å². The van der Waals surface area contributed by atoms with Gasteiger partial charge in [0.15, 0.2) is 0 Å². The Morgan fingerprint density at radius 1 is 1.30 bits per heavy atom. The fourth-order valence-electron chi connectivity index (χ4n) is 4.52. The molecule has 3 unspecified atom stereocenters. The number of alkyl halides is 3. The van der Waals surface area contributed by atoms with E-state index >= 15 is 0 Å². The molecule has 4 rings (SSSR count). The largest absolute Gasteiger partial charge is 0.416 e. The minimum atomic E-state index is -4.58. The number of ether oxygens (including phenoxy) is 1. The molecule has 1 fully saturated rings. The van der Waals surface area contributed by atoms with Crippen LogP contribution in [0.25, 0.3) is 5.69 Å². The lowest BCUT2D eigenvalue weighted by Crippen LogP contribution is -2.43. The maximum atomic E-state index is 13.5. The third-order valence-corrected chi connectivity index (χ3v) is 6.57. The molecule has 12 heteroatoms. The Morgan fingerprint density at radius 2 is 2.05 bits per heavy atom. The molecule has 3 aromatic rings. The summed E-state index contributed by atoms with van der Waals surface area (Å²) < 4.78 is 49.3. The second kappa shape index (κ2) is 10.7. The Balaban J connectivity index is 1.51. The van der Waals surface area contributed by atoms with Gasteiger partial charge in [-0.3, -0.25) is 14.2 Å². The van der Waals surface area contributed by atoms with E-state index in [1.54, 1.807) is 20.0 Å². The molecule has 0 bridgehead atoms. The van der Waals surface area contributed by atoms with Gasteiger partial charge in [0.1, 0.15) is 11.4 Å². The molecule has 1 amide bonds. The molecule has 1 aromatic carbocycles. The predicted octanol–water partition coefficient (Wildman–Crippen LogP) is 4.05. The number of aliphatic hydroxyl groups excluding tert-OH is 1. The molecule has 1 saturated heterocycles. The van der Waals surface area contributed by atoms with Gasteiger partial charge in [-0.25, -0.2) is 4.98 Å². The maximum absolute atomic E-state index is 13.5. The van der Waals surface area contributed by atoms with Crippen LogP contribution in [-0.2, 0) is 17.5 Å². The number of nitrogens with one attached hydrogen (secondary N) is 1. The van der Waals surface area contributed by atoms with E-state index < -0.39 is 41.5 Å². The Hall–Kier alpha value is -3.15. The lowest BCUT2D eigenvalue weighted by atomic mass is 9.99. The molecule has 198 valence electrons. The number of aryl methyl sites for hydroxylation is 1. The first kappa shape index (κ1) is 26.9. The van der Waals surface area contributed by atoms with Crippen molar-refractivity contribution in [3.63, 3.8) is 0 Å². The molecular formula is C25H26ClF3N4O4. The number of hydrogen-bond donors (Lipinski definition) is 2. The van der Waals surface area contributed by atoms with Gasteiger partial charge in [0, 0.05) is 17.8 Å². The molecule has 3 heterocycles. The normalized spacial score (nSPS) is 18.7. The average Bonchev–Trinajstić information content (AvgIpc) is 3.49. The van der Waals surface area contributed by atoms with Crippen LogP contribution in [0.2, 0.25) is 5.02 Å². The van der Waals surface area contributed by atoms with Gasteiger partial charge >= 0.3 is 6.18 Å². The highest BCUT2D eigenvalue weighted by atomic mass is 35.5. The molecule has 2 N–H and O–H groups in total. The minimum absolute atomic E-state index is 0.0000353. The molecule has 0 radical (unpaired) electrons. The van der Waals surface area contributed by atoms with Crippen LogP contribution in [0.1, 0.15) is 53.2 Å². The number of carbonyl (C=O) groups is 1. The second-order valence-corrected chi connectivity index (χ2v) is 9.37. The standard InChI is InChI=1S/C25H26ClF3N4O4/c1-14-12-32(13-30-14)20-6-5-19(33(9-10-34)24(20)36)23(35)31-15(2)21-7-8-22(37-21)17-4-3-16(26)11-18(17)25(27,28)29/h3-6,11-13,15,21-22,34H,7-10H2,1-2H3,(H,31,35). The van der Waals surface area contributed by atoms with Crippen molar-refractivity contribution in [3.05, 3.63) is 80.7 Å². The van der Waals surface area contributed by atoms with Crippen LogP contribution >= 0.6 is 11.6 Å². The molecule has 8 nitrogen and oxygen atoms in total. The van der Waals surface area contributed by atoms with Gasteiger partial charge in [0.2, 0.25) is 0 Å². The summed E-state index contributed by atoms with van der Waals surface area (Å²) in [5.74, 6) is -0.569. The first-order valence-corrected chi connectivity index (χ1v) is 12.1. The van der Waals surface area contributed by atoms with Crippen molar-refractivity contribution in [2.45, 2.75) is 57.7 Å². The third-order valence-electron chi connectivity index (χ3n) is 6.34. The summed E-state index contributed by atoms with van der Waals surface area (Å²) in [6.45, 7) is 3.00. The molecule has 0 spiro atoms. The van der Waals surface area contributed by atoms with Crippen molar-refractivity contribution in [1.29, 1.82) is 0 Å². The SMILES string of the molecule is Cc1cn(-c2ccc(C(=O)NC(C)C3CCC(c4ccc(Cl)cc4C(F)(F)F)O3)n(CCO)c2=O)cn1. The first-order chi connectivity index (χ1) is 17.5. The summed E-state index contributed by atoms with van der Waals surface area (Å²) in [6.07, 6.45) is -2.02. The van der Waals surface area contributed by atoms with Crippen molar-refractivity contribution < 1.29 is 27.8 Å². The lowest BCUT2D eigenvalue weighted by molar-refractivity contribution is -0.139. The molecule has 37 heavy (non-hydrogen) atoms. The third kappa shape index (κ3) is 5.73. The van der Waals surface area contributed by atoms with E-state index in [2.05, 4.69) is 10.3 Å². The Kier molecular flexibility index (Phi) is 7.77. The lowest BCUT2D eigenvalue weighted by Gasteiger charge is -2.24. The molecule has 0 saturated carbocycles. The molecular weight excluding hydrogens is 513 g/mol. The molecule has 2 aromatic heterocycles. The monoisotopic (exact) mass is 538 g/mol. The molecule has 1 aliphatic heterocycles. The Bertz CT molecular complexity index is 1350. The molecule has 1 aliphatic rings. The van der Waals surface area contributed by atoms with Gasteiger partial charge in [0.25, 0.3) is 11.5 Å². The van der Waals surface area contributed by atoms with Crippen LogP contribution in [0.4, 0.5) is 13.2 Å². The number of carbonyl (C=O) groups excluding carboxylic acids is 1. The number of imidazole rings is 1. The number of hydrogen-bond acceptors (Lipinski definition) is 5. The summed E-state index contributed by atoms with van der Waals surface area (Å²) in [6, 6.07) is 6.01. The van der Waals surface area contributed by atoms with Gasteiger partial charge in [-0.05, 0) is 56.5 Å². The van der Waals surface area contributed by atoms with Crippen LogP contribution in [0, 0.1) is 6.92 Å². The van der Waals surface area contributed by atoms with Crippen LogP contribution in [0.5, 0.6) is 0 Å². The summed E-state index contributed by atoms with van der Waals surface area (Å²) in [5.41, 5.74) is -0.309. The highest BCUT2D eigenvalue weighted by Gasteiger charge is 2.39. The summed E-state index contributed by atoms with van der Waals surface area (Å²) in [4.78, 5) is 30.3. The van der Waals surface area contributed by atoms with Crippen LogP contribution in [-0.4, -0.2) is 43.9 Å². The zero-order valence-corrected chi connectivity index (χ0v) is 20.9. The van der Waals surface area contributed by atoms with Gasteiger partial charge in [-0.2, -0.15) is 13.2 Å². The summed E-state index contributed by atoms with van der Waals surface area (Å²) >= 11 is 5.78. The number of halogens is 4. The number of amides is 1. The van der Waals surface area contributed by atoms with Gasteiger partial charge in [-0.15, -0.1) is 0 Å². The topological polar surface area (TPSA) is 98.4 Å². The quantitative estimate of drug-likeness (QED) is 0.473. The van der Waals surface area contributed by atoms with Gasteiger partial charge in [-0.1, -0.05) is 17.7 Å². The fourth-order valence-corrected chi connectivity index (χ4v) is 4.70. The molecule has 0 aliphatic carbocycles. The highest BCUT2D eigenvalue weighted by Crippen LogP contribution is 2.42. The highest BCUT2D eigenvalue weighted by molar-refractivity contribution is 6.30. The number of nitrogens with zero attached hydrogens (tertiary/aromatic N) is 3. The first-order valence-electron chi connectivity index (χ1n) is 11.7. The Morgan fingerprint density at radius 3 is 2.70 bits per heavy atom.